The SMILES string of the molecule is Cc1nn(C)c(C)c1NC(=O)CCOCCN. The lowest BCUT2D eigenvalue weighted by atomic mass is 10.3. The number of aryl methyl sites for hydroxylation is 2. The van der Waals surface area contributed by atoms with Crippen LogP contribution in [0.15, 0.2) is 0 Å². The van der Waals surface area contributed by atoms with Gasteiger partial charge in [0.05, 0.1) is 36.7 Å². The first-order valence-corrected chi connectivity index (χ1v) is 5.64. The molecule has 1 aromatic rings. The fourth-order valence-corrected chi connectivity index (χ4v) is 1.51. The van der Waals surface area contributed by atoms with Crippen molar-refractivity contribution in [1.82, 2.24) is 9.78 Å². The van der Waals surface area contributed by atoms with Gasteiger partial charge in [0, 0.05) is 13.6 Å². The molecule has 0 saturated heterocycles. The van der Waals surface area contributed by atoms with Crippen LogP contribution in [0.4, 0.5) is 5.69 Å². The van der Waals surface area contributed by atoms with Crippen molar-refractivity contribution in [3.8, 4) is 0 Å². The van der Waals surface area contributed by atoms with E-state index in [4.69, 9.17) is 10.5 Å². The first-order valence-electron chi connectivity index (χ1n) is 5.64. The summed E-state index contributed by atoms with van der Waals surface area (Å²) in [6, 6.07) is 0. The number of rotatable bonds is 6. The molecule has 0 aliphatic heterocycles. The van der Waals surface area contributed by atoms with E-state index in [9.17, 15) is 4.79 Å². The molecule has 17 heavy (non-hydrogen) atoms. The lowest BCUT2D eigenvalue weighted by Gasteiger charge is -2.06. The summed E-state index contributed by atoms with van der Waals surface area (Å²) in [4.78, 5) is 11.6. The zero-order valence-electron chi connectivity index (χ0n) is 10.6. The molecule has 0 aromatic carbocycles. The van der Waals surface area contributed by atoms with Crippen molar-refractivity contribution in [3.05, 3.63) is 11.4 Å². The van der Waals surface area contributed by atoms with Crippen molar-refractivity contribution in [1.29, 1.82) is 0 Å². The van der Waals surface area contributed by atoms with Crippen LogP contribution in [0.25, 0.3) is 0 Å². The highest BCUT2D eigenvalue weighted by Gasteiger charge is 2.11. The van der Waals surface area contributed by atoms with Crippen molar-refractivity contribution in [3.63, 3.8) is 0 Å². The molecule has 1 heterocycles. The first kappa shape index (κ1) is 13.7. The quantitative estimate of drug-likeness (QED) is 0.702. The number of aromatic nitrogens is 2. The van der Waals surface area contributed by atoms with Gasteiger partial charge < -0.3 is 15.8 Å². The van der Waals surface area contributed by atoms with E-state index in [1.807, 2.05) is 20.9 Å². The van der Waals surface area contributed by atoms with Gasteiger partial charge in [-0.3, -0.25) is 9.48 Å². The van der Waals surface area contributed by atoms with Crippen LogP contribution < -0.4 is 11.1 Å². The Morgan fingerprint density at radius 3 is 2.71 bits per heavy atom. The van der Waals surface area contributed by atoms with Crippen LogP contribution in [0.2, 0.25) is 0 Å². The summed E-state index contributed by atoms with van der Waals surface area (Å²) >= 11 is 0. The number of anilines is 1. The van der Waals surface area contributed by atoms with Crippen molar-refractivity contribution in [2.24, 2.45) is 12.8 Å². The van der Waals surface area contributed by atoms with Crippen LogP contribution in [0.1, 0.15) is 17.8 Å². The largest absolute Gasteiger partial charge is 0.380 e. The van der Waals surface area contributed by atoms with E-state index < -0.39 is 0 Å². The highest BCUT2D eigenvalue weighted by Crippen LogP contribution is 2.18. The molecule has 96 valence electrons. The van der Waals surface area contributed by atoms with Gasteiger partial charge in [-0.05, 0) is 13.8 Å². The minimum absolute atomic E-state index is 0.0683. The molecular formula is C11H20N4O2. The number of nitrogens with zero attached hydrogens (tertiary/aromatic N) is 2. The van der Waals surface area contributed by atoms with Crippen molar-refractivity contribution < 1.29 is 9.53 Å². The second kappa shape index (κ2) is 6.36. The molecule has 0 saturated carbocycles. The first-order chi connectivity index (χ1) is 8.06. The number of carbonyl (C=O) groups is 1. The Kier molecular flexibility index (Phi) is 5.11. The van der Waals surface area contributed by atoms with Crippen LogP contribution in [-0.4, -0.2) is 35.4 Å². The van der Waals surface area contributed by atoms with Gasteiger partial charge in [-0.1, -0.05) is 0 Å². The van der Waals surface area contributed by atoms with Crippen molar-refractivity contribution in [2.45, 2.75) is 20.3 Å². The molecule has 0 unspecified atom stereocenters. The third-order valence-electron chi connectivity index (χ3n) is 2.51. The summed E-state index contributed by atoms with van der Waals surface area (Å²) in [5.74, 6) is -0.0683. The molecule has 0 bridgehead atoms. The van der Waals surface area contributed by atoms with Crippen molar-refractivity contribution >= 4 is 11.6 Å². The van der Waals surface area contributed by atoms with E-state index in [0.29, 0.717) is 26.2 Å². The Bertz CT molecular complexity index is 387. The van der Waals surface area contributed by atoms with Crippen LogP contribution in [0, 0.1) is 13.8 Å². The van der Waals surface area contributed by atoms with Gasteiger partial charge in [0.2, 0.25) is 5.91 Å². The van der Waals surface area contributed by atoms with Gasteiger partial charge in [0.1, 0.15) is 0 Å². The maximum atomic E-state index is 11.6. The number of amides is 1. The molecule has 0 fully saturated rings. The van der Waals surface area contributed by atoms with Crippen LogP contribution in [-0.2, 0) is 16.6 Å². The van der Waals surface area contributed by atoms with Gasteiger partial charge in [-0.25, -0.2) is 0 Å². The lowest BCUT2D eigenvalue weighted by molar-refractivity contribution is -0.117. The normalized spacial score (nSPS) is 10.6. The third-order valence-corrected chi connectivity index (χ3v) is 2.51. The van der Waals surface area contributed by atoms with Gasteiger partial charge in [-0.2, -0.15) is 5.10 Å². The zero-order valence-corrected chi connectivity index (χ0v) is 10.6. The minimum Gasteiger partial charge on any atom is -0.380 e. The Morgan fingerprint density at radius 1 is 1.47 bits per heavy atom. The average molecular weight is 240 g/mol. The lowest BCUT2D eigenvalue weighted by Crippen LogP contribution is -2.17. The molecular weight excluding hydrogens is 220 g/mol. The van der Waals surface area contributed by atoms with Crippen LogP contribution in [0.5, 0.6) is 0 Å². The number of nitrogens with one attached hydrogen (secondary N) is 1. The second-order valence-electron chi connectivity index (χ2n) is 3.87. The third kappa shape index (κ3) is 3.83. The molecule has 0 spiro atoms. The topological polar surface area (TPSA) is 82.2 Å². The summed E-state index contributed by atoms with van der Waals surface area (Å²) in [5.41, 5.74) is 7.83. The molecule has 1 amide bonds. The molecule has 0 atom stereocenters. The summed E-state index contributed by atoms with van der Waals surface area (Å²) in [6.07, 6.45) is 0.327. The number of hydrogen-bond acceptors (Lipinski definition) is 4. The number of nitrogens with two attached hydrogens (primary N) is 1. The smallest absolute Gasteiger partial charge is 0.226 e. The van der Waals surface area contributed by atoms with Gasteiger partial charge >= 0.3 is 0 Å². The van der Waals surface area contributed by atoms with E-state index in [-0.39, 0.29) is 5.91 Å². The maximum absolute atomic E-state index is 11.6. The zero-order chi connectivity index (χ0) is 12.8. The molecule has 1 rings (SSSR count). The predicted octanol–water partition coefficient (Wildman–Crippen LogP) is 0.341. The summed E-state index contributed by atoms with van der Waals surface area (Å²) < 4.78 is 6.90. The van der Waals surface area contributed by atoms with Gasteiger partial charge in [0.25, 0.3) is 0 Å². The number of carbonyl (C=O) groups excluding carboxylic acids is 1. The fraction of sp³-hybridized carbons (Fsp3) is 0.636. The number of ether oxygens (including phenoxy) is 1. The fourth-order valence-electron chi connectivity index (χ4n) is 1.51. The van der Waals surface area contributed by atoms with E-state index in [1.54, 1.807) is 4.68 Å². The van der Waals surface area contributed by atoms with E-state index in [0.717, 1.165) is 17.1 Å². The minimum atomic E-state index is -0.0683. The predicted molar refractivity (Wildman–Crippen MR) is 65.8 cm³/mol. The molecule has 6 heteroatoms. The Hall–Kier alpha value is -1.40. The molecule has 3 N–H and O–H groups in total. The second-order valence-corrected chi connectivity index (χ2v) is 3.87. The monoisotopic (exact) mass is 240 g/mol. The summed E-state index contributed by atoms with van der Waals surface area (Å²) in [7, 11) is 1.85. The maximum Gasteiger partial charge on any atom is 0.226 e. The van der Waals surface area contributed by atoms with Gasteiger partial charge in [0.15, 0.2) is 0 Å². The Labute approximate surface area is 101 Å². The van der Waals surface area contributed by atoms with E-state index >= 15 is 0 Å². The average Bonchev–Trinajstić information content (AvgIpc) is 2.52. The Morgan fingerprint density at radius 2 is 2.18 bits per heavy atom. The summed E-state index contributed by atoms with van der Waals surface area (Å²) in [6.45, 7) is 5.14. The van der Waals surface area contributed by atoms with Gasteiger partial charge in [-0.15, -0.1) is 0 Å². The highest BCUT2D eigenvalue weighted by molar-refractivity contribution is 5.91. The van der Waals surface area contributed by atoms with Crippen LogP contribution >= 0.6 is 0 Å². The standard InChI is InChI=1S/C11H20N4O2/c1-8-11(9(2)15(3)14-8)13-10(16)4-6-17-7-5-12/h4-7,12H2,1-3H3,(H,13,16). The molecule has 0 aliphatic carbocycles. The number of hydrogen-bond donors (Lipinski definition) is 2. The molecule has 0 radical (unpaired) electrons. The van der Waals surface area contributed by atoms with E-state index in [2.05, 4.69) is 10.4 Å². The van der Waals surface area contributed by atoms with Crippen LogP contribution in [0.3, 0.4) is 0 Å². The highest BCUT2D eigenvalue weighted by atomic mass is 16.5. The molecule has 1 aromatic heterocycles. The van der Waals surface area contributed by atoms with E-state index in [1.165, 1.54) is 0 Å². The Balaban J connectivity index is 2.45. The van der Waals surface area contributed by atoms with Crippen molar-refractivity contribution in [2.75, 3.05) is 25.1 Å². The molecule has 0 aliphatic rings. The summed E-state index contributed by atoms with van der Waals surface area (Å²) in [5, 5.41) is 7.07. The molecule has 6 nitrogen and oxygen atoms in total.